The molecule has 1 amide bonds. The Morgan fingerprint density at radius 1 is 1.04 bits per heavy atom. The van der Waals surface area contributed by atoms with Gasteiger partial charge in [-0.1, -0.05) is 36.4 Å². The first-order valence-corrected chi connectivity index (χ1v) is 8.09. The predicted molar refractivity (Wildman–Crippen MR) is 90.4 cm³/mol. The molecule has 2 aromatic rings. The standard InChI is InChI=1S/C19H18FN3O2/c20-17-9-5-4-8-16(17)18(14-21)22-10-12-23(13-11-22)19(24)25-15-6-2-1-3-7-15/h1-9,18H,10-13H2. The third-order valence-electron chi connectivity index (χ3n) is 4.21. The molecule has 1 unspecified atom stereocenters. The summed E-state index contributed by atoms with van der Waals surface area (Å²) in [7, 11) is 0. The first-order valence-electron chi connectivity index (χ1n) is 8.09. The van der Waals surface area contributed by atoms with E-state index in [4.69, 9.17) is 4.74 Å². The molecule has 0 radical (unpaired) electrons. The molecule has 1 fully saturated rings. The number of amides is 1. The van der Waals surface area contributed by atoms with Crippen LogP contribution in [0.1, 0.15) is 11.6 Å². The Morgan fingerprint density at radius 2 is 1.68 bits per heavy atom. The fraction of sp³-hybridized carbons (Fsp3) is 0.263. The smallest absolute Gasteiger partial charge is 0.410 e. The number of piperazine rings is 1. The molecule has 5 nitrogen and oxygen atoms in total. The lowest BCUT2D eigenvalue weighted by molar-refractivity contribution is 0.0996. The molecule has 6 heteroatoms. The van der Waals surface area contributed by atoms with Crippen LogP contribution in [-0.2, 0) is 0 Å². The fourth-order valence-corrected chi connectivity index (χ4v) is 2.86. The van der Waals surface area contributed by atoms with Crippen molar-refractivity contribution < 1.29 is 13.9 Å². The molecule has 1 aliphatic heterocycles. The summed E-state index contributed by atoms with van der Waals surface area (Å²) >= 11 is 0. The average Bonchev–Trinajstić information content (AvgIpc) is 2.65. The summed E-state index contributed by atoms with van der Waals surface area (Å²) in [6.45, 7) is 1.82. The zero-order valence-electron chi connectivity index (χ0n) is 13.6. The van der Waals surface area contributed by atoms with Crippen LogP contribution in [0.2, 0.25) is 0 Å². The Kier molecular flexibility index (Phi) is 5.26. The topological polar surface area (TPSA) is 56.6 Å². The zero-order chi connectivity index (χ0) is 17.6. The molecule has 1 saturated heterocycles. The van der Waals surface area contributed by atoms with Crippen LogP contribution in [-0.4, -0.2) is 42.1 Å². The molecule has 0 aromatic heterocycles. The lowest BCUT2D eigenvalue weighted by Crippen LogP contribution is -2.50. The van der Waals surface area contributed by atoms with Crippen molar-refractivity contribution in [3.63, 3.8) is 0 Å². The maximum Gasteiger partial charge on any atom is 0.415 e. The van der Waals surface area contributed by atoms with Gasteiger partial charge < -0.3 is 9.64 Å². The van der Waals surface area contributed by atoms with Crippen LogP contribution in [0.15, 0.2) is 54.6 Å². The molecule has 0 N–H and O–H groups in total. The van der Waals surface area contributed by atoms with E-state index in [1.807, 2.05) is 11.0 Å². The molecule has 3 rings (SSSR count). The number of halogens is 1. The number of carbonyl (C=O) groups excluding carboxylic acids is 1. The van der Waals surface area contributed by atoms with E-state index in [0.717, 1.165) is 0 Å². The van der Waals surface area contributed by atoms with Gasteiger partial charge in [0, 0.05) is 31.7 Å². The van der Waals surface area contributed by atoms with Gasteiger partial charge in [0.15, 0.2) is 0 Å². The fourth-order valence-electron chi connectivity index (χ4n) is 2.86. The molecule has 128 valence electrons. The number of para-hydroxylation sites is 1. The van der Waals surface area contributed by atoms with E-state index in [0.29, 0.717) is 37.5 Å². The lowest BCUT2D eigenvalue weighted by atomic mass is 10.1. The lowest BCUT2D eigenvalue weighted by Gasteiger charge is -2.36. The van der Waals surface area contributed by atoms with Crippen LogP contribution in [0.3, 0.4) is 0 Å². The van der Waals surface area contributed by atoms with E-state index in [-0.39, 0.29) is 5.82 Å². The van der Waals surface area contributed by atoms with Crippen LogP contribution in [0, 0.1) is 17.1 Å². The Morgan fingerprint density at radius 3 is 2.32 bits per heavy atom. The first-order chi connectivity index (χ1) is 12.2. The summed E-state index contributed by atoms with van der Waals surface area (Å²) < 4.78 is 19.3. The Balaban J connectivity index is 1.60. The van der Waals surface area contributed by atoms with Gasteiger partial charge >= 0.3 is 6.09 Å². The normalized spacial score (nSPS) is 16.1. The second-order valence-electron chi connectivity index (χ2n) is 5.76. The quantitative estimate of drug-likeness (QED) is 0.862. The van der Waals surface area contributed by atoms with Crippen molar-refractivity contribution in [3.05, 3.63) is 66.0 Å². The summed E-state index contributed by atoms with van der Waals surface area (Å²) in [6.07, 6.45) is -0.412. The van der Waals surface area contributed by atoms with E-state index in [9.17, 15) is 14.4 Å². The van der Waals surface area contributed by atoms with Gasteiger partial charge in [0.05, 0.1) is 6.07 Å². The third kappa shape index (κ3) is 3.95. The summed E-state index contributed by atoms with van der Waals surface area (Å²) in [4.78, 5) is 15.7. The summed E-state index contributed by atoms with van der Waals surface area (Å²) in [5, 5.41) is 9.46. The maximum absolute atomic E-state index is 14.0. The largest absolute Gasteiger partial charge is 0.415 e. The molecule has 2 aromatic carbocycles. The van der Waals surface area contributed by atoms with Crippen LogP contribution < -0.4 is 4.74 Å². The SMILES string of the molecule is N#CC(c1ccccc1F)N1CCN(C(=O)Oc2ccccc2)CC1. The maximum atomic E-state index is 14.0. The number of nitriles is 1. The third-order valence-corrected chi connectivity index (χ3v) is 4.21. The molecular weight excluding hydrogens is 321 g/mol. The number of benzene rings is 2. The molecule has 0 saturated carbocycles. The highest BCUT2D eigenvalue weighted by atomic mass is 19.1. The average molecular weight is 339 g/mol. The Labute approximate surface area is 145 Å². The molecule has 0 aliphatic carbocycles. The van der Waals surface area contributed by atoms with E-state index in [1.54, 1.807) is 47.4 Å². The minimum absolute atomic E-state index is 0.366. The second kappa shape index (κ2) is 7.77. The van der Waals surface area contributed by atoms with Crippen LogP contribution in [0.5, 0.6) is 5.75 Å². The summed E-state index contributed by atoms with van der Waals surface area (Å²) in [6, 6.07) is 16.7. The highest BCUT2D eigenvalue weighted by molar-refractivity contribution is 5.70. The van der Waals surface area contributed by atoms with Crippen molar-refractivity contribution in [2.24, 2.45) is 0 Å². The van der Waals surface area contributed by atoms with Crippen LogP contribution in [0.25, 0.3) is 0 Å². The minimum atomic E-state index is -0.659. The highest BCUT2D eigenvalue weighted by Crippen LogP contribution is 2.24. The molecule has 1 aliphatic rings. The van der Waals surface area contributed by atoms with Crippen LogP contribution >= 0.6 is 0 Å². The van der Waals surface area contributed by atoms with Crippen molar-refractivity contribution >= 4 is 6.09 Å². The van der Waals surface area contributed by atoms with E-state index >= 15 is 0 Å². The predicted octanol–water partition coefficient (Wildman–Crippen LogP) is 3.21. The monoisotopic (exact) mass is 339 g/mol. The van der Waals surface area contributed by atoms with Gasteiger partial charge in [0.25, 0.3) is 0 Å². The first kappa shape index (κ1) is 16.9. The Bertz CT molecular complexity index is 768. The van der Waals surface area contributed by atoms with Crippen molar-refractivity contribution in [2.75, 3.05) is 26.2 Å². The zero-order valence-corrected chi connectivity index (χ0v) is 13.6. The van der Waals surface area contributed by atoms with E-state index < -0.39 is 12.1 Å². The molecule has 0 bridgehead atoms. The molecule has 1 heterocycles. The van der Waals surface area contributed by atoms with E-state index in [1.165, 1.54) is 6.07 Å². The Hall–Kier alpha value is -2.91. The van der Waals surface area contributed by atoms with Crippen molar-refractivity contribution in [3.8, 4) is 11.8 Å². The van der Waals surface area contributed by atoms with Crippen LogP contribution in [0.4, 0.5) is 9.18 Å². The van der Waals surface area contributed by atoms with Crippen molar-refractivity contribution in [2.45, 2.75) is 6.04 Å². The number of rotatable bonds is 3. The van der Waals surface area contributed by atoms with Gasteiger partial charge in [-0.25, -0.2) is 9.18 Å². The number of carbonyl (C=O) groups is 1. The van der Waals surface area contributed by atoms with Gasteiger partial charge in [0.1, 0.15) is 17.6 Å². The van der Waals surface area contributed by atoms with Gasteiger partial charge in [-0.2, -0.15) is 5.26 Å². The number of nitrogens with zero attached hydrogens (tertiary/aromatic N) is 3. The molecule has 1 atom stereocenters. The van der Waals surface area contributed by atoms with Crippen molar-refractivity contribution in [1.29, 1.82) is 5.26 Å². The molecular formula is C19H18FN3O2. The second-order valence-corrected chi connectivity index (χ2v) is 5.76. The molecule has 0 spiro atoms. The summed E-state index contributed by atoms with van der Waals surface area (Å²) in [5.74, 6) is 0.108. The van der Waals surface area contributed by atoms with Crippen molar-refractivity contribution in [1.82, 2.24) is 9.80 Å². The van der Waals surface area contributed by atoms with Gasteiger partial charge in [-0.15, -0.1) is 0 Å². The highest BCUT2D eigenvalue weighted by Gasteiger charge is 2.29. The van der Waals surface area contributed by atoms with Gasteiger partial charge in [-0.3, -0.25) is 4.90 Å². The number of ether oxygens (including phenoxy) is 1. The number of hydrogen-bond donors (Lipinski definition) is 0. The minimum Gasteiger partial charge on any atom is -0.410 e. The number of hydrogen-bond acceptors (Lipinski definition) is 4. The van der Waals surface area contributed by atoms with Gasteiger partial charge in [0.2, 0.25) is 0 Å². The molecule has 25 heavy (non-hydrogen) atoms. The van der Waals surface area contributed by atoms with Gasteiger partial charge in [-0.05, 0) is 18.2 Å². The summed E-state index contributed by atoms with van der Waals surface area (Å²) in [5.41, 5.74) is 0.366. The van der Waals surface area contributed by atoms with E-state index in [2.05, 4.69) is 6.07 Å².